The van der Waals surface area contributed by atoms with E-state index in [2.05, 4.69) is 26.6 Å². The first-order chi connectivity index (χ1) is 14.3. The van der Waals surface area contributed by atoms with Gasteiger partial charge >= 0.3 is 0 Å². The molecule has 5 nitrogen and oxygen atoms in total. The maximum atomic E-state index is 12.6. The highest BCUT2D eigenvalue weighted by atomic mass is 32.1. The molecule has 0 saturated carbocycles. The highest BCUT2D eigenvalue weighted by Crippen LogP contribution is 2.28. The van der Waals surface area contributed by atoms with Gasteiger partial charge in [-0.2, -0.15) is 4.98 Å². The lowest BCUT2D eigenvalue weighted by molar-refractivity contribution is 0.0951. The van der Waals surface area contributed by atoms with E-state index in [9.17, 15) is 4.79 Å². The van der Waals surface area contributed by atoms with Gasteiger partial charge in [-0.15, -0.1) is 11.3 Å². The monoisotopic (exact) mass is 403 g/mol. The Morgan fingerprint density at radius 3 is 2.79 bits per heavy atom. The summed E-state index contributed by atoms with van der Waals surface area (Å²) in [5.74, 6) is -0.0489. The van der Waals surface area contributed by atoms with E-state index in [0.29, 0.717) is 18.1 Å². The number of nitrogens with zero attached hydrogens (tertiary/aromatic N) is 2. The fraction of sp³-hybridized carbons (Fsp3) is 0.217. The lowest BCUT2D eigenvalue weighted by atomic mass is 10.1. The predicted octanol–water partition coefficient (Wildman–Crippen LogP) is 4.96. The second-order valence-electron chi connectivity index (χ2n) is 7.22. The summed E-state index contributed by atoms with van der Waals surface area (Å²) >= 11 is 1.70. The molecule has 2 aromatic heterocycles. The van der Waals surface area contributed by atoms with Gasteiger partial charge in [0, 0.05) is 23.5 Å². The lowest BCUT2D eigenvalue weighted by Crippen LogP contribution is -2.40. The van der Waals surface area contributed by atoms with Crippen molar-refractivity contribution in [2.24, 2.45) is 0 Å². The first kappa shape index (κ1) is 17.9. The third kappa shape index (κ3) is 3.63. The number of fused-ring (bicyclic) bond motifs is 1. The van der Waals surface area contributed by atoms with Gasteiger partial charge in [0.05, 0.1) is 6.04 Å². The van der Waals surface area contributed by atoms with E-state index >= 15 is 0 Å². The summed E-state index contributed by atoms with van der Waals surface area (Å²) < 4.78 is 5.93. The Balaban J connectivity index is 1.24. The number of anilines is 1. The molecule has 0 spiro atoms. The minimum Gasteiger partial charge on any atom is -0.423 e. The molecule has 1 amide bonds. The summed E-state index contributed by atoms with van der Waals surface area (Å²) in [5.41, 5.74) is 3.47. The highest BCUT2D eigenvalue weighted by molar-refractivity contribution is 7.13. The molecule has 0 aliphatic carbocycles. The molecule has 3 heterocycles. The highest BCUT2D eigenvalue weighted by Gasteiger charge is 2.28. The molecule has 0 unspecified atom stereocenters. The van der Waals surface area contributed by atoms with Crippen molar-refractivity contribution >= 4 is 34.4 Å². The predicted molar refractivity (Wildman–Crippen MR) is 116 cm³/mol. The smallest absolute Gasteiger partial charge is 0.298 e. The Labute approximate surface area is 173 Å². The molecule has 2 aromatic carbocycles. The van der Waals surface area contributed by atoms with Gasteiger partial charge in [-0.3, -0.25) is 4.79 Å². The number of benzene rings is 2. The zero-order valence-electron chi connectivity index (χ0n) is 15.9. The van der Waals surface area contributed by atoms with E-state index in [4.69, 9.17) is 4.42 Å². The largest absolute Gasteiger partial charge is 0.423 e. The summed E-state index contributed by atoms with van der Waals surface area (Å²) in [6.45, 7) is 1.47. The van der Waals surface area contributed by atoms with Crippen LogP contribution in [0.1, 0.15) is 23.2 Å². The third-order valence-electron chi connectivity index (χ3n) is 5.36. The number of nitrogens with one attached hydrogen (secondary N) is 1. The van der Waals surface area contributed by atoms with Crippen LogP contribution in [0.5, 0.6) is 0 Å². The average Bonchev–Trinajstić information content (AvgIpc) is 3.52. The first-order valence-corrected chi connectivity index (χ1v) is 10.7. The van der Waals surface area contributed by atoms with Crippen molar-refractivity contribution in [1.29, 1.82) is 0 Å². The molecule has 4 aromatic rings. The average molecular weight is 404 g/mol. The molecule has 1 N–H and O–H groups in total. The Morgan fingerprint density at radius 1 is 1.14 bits per heavy atom. The quantitative estimate of drug-likeness (QED) is 0.512. The number of carbonyl (C=O) groups excluding carboxylic acids is 1. The van der Waals surface area contributed by atoms with Crippen molar-refractivity contribution in [3.8, 4) is 10.4 Å². The van der Waals surface area contributed by atoms with Crippen molar-refractivity contribution in [1.82, 2.24) is 10.3 Å². The molecule has 0 radical (unpaired) electrons. The first-order valence-electron chi connectivity index (χ1n) is 9.82. The minimum absolute atomic E-state index is 0.0489. The van der Waals surface area contributed by atoms with Crippen LogP contribution >= 0.6 is 11.3 Å². The number of carbonyl (C=O) groups is 1. The van der Waals surface area contributed by atoms with E-state index in [0.717, 1.165) is 36.0 Å². The Kier molecular flexibility index (Phi) is 4.77. The summed E-state index contributed by atoms with van der Waals surface area (Å²) in [6, 6.07) is 20.5. The number of oxazole rings is 1. The summed E-state index contributed by atoms with van der Waals surface area (Å²) in [5, 5.41) is 5.14. The standard InChI is InChI=1S/C23H21N3O2S/c27-22(17-11-9-16(10-12-17)21-8-4-14-29-21)24-15-18-5-3-13-26(18)23-25-19-6-1-2-7-20(19)28-23/h1-2,4,6-12,14,18H,3,5,13,15H2,(H,24,27)/t18-/m1/s1. The van der Waals surface area contributed by atoms with Gasteiger partial charge in [0.2, 0.25) is 0 Å². The second kappa shape index (κ2) is 7.72. The molecule has 0 bridgehead atoms. The van der Waals surface area contributed by atoms with Crippen LogP contribution in [0.15, 0.2) is 70.5 Å². The molecule has 5 rings (SSSR count). The third-order valence-corrected chi connectivity index (χ3v) is 6.28. The second-order valence-corrected chi connectivity index (χ2v) is 8.17. The van der Waals surface area contributed by atoms with Crippen LogP contribution in [-0.4, -0.2) is 30.0 Å². The Bertz CT molecular complexity index is 1090. The van der Waals surface area contributed by atoms with Crippen LogP contribution in [0.3, 0.4) is 0 Å². The summed E-state index contributed by atoms with van der Waals surface area (Å²) in [4.78, 5) is 20.6. The van der Waals surface area contributed by atoms with Crippen molar-refractivity contribution in [2.45, 2.75) is 18.9 Å². The maximum absolute atomic E-state index is 12.6. The van der Waals surface area contributed by atoms with Gasteiger partial charge in [-0.25, -0.2) is 0 Å². The Morgan fingerprint density at radius 2 is 2.00 bits per heavy atom. The Hall–Kier alpha value is -3.12. The zero-order valence-corrected chi connectivity index (χ0v) is 16.7. The molecular formula is C23H21N3O2S. The molecule has 146 valence electrons. The SMILES string of the molecule is O=C(NC[C@H]1CCCN1c1nc2ccccc2o1)c1ccc(-c2cccs2)cc1. The van der Waals surface area contributed by atoms with Gasteiger partial charge in [0.15, 0.2) is 5.58 Å². The number of amides is 1. The van der Waals surface area contributed by atoms with E-state index in [1.54, 1.807) is 11.3 Å². The van der Waals surface area contributed by atoms with E-state index in [1.165, 1.54) is 4.88 Å². The molecule has 1 aliphatic rings. The summed E-state index contributed by atoms with van der Waals surface area (Å²) in [6.07, 6.45) is 2.07. The van der Waals surface area contributed by atoms with E-state index < -0.39 is 0 Å². The number of para-hydroxylation sites is 2. The van der Waals surface area contributed by atoms with Crippen molar-refractivity contribution in [3.05, 3.63) is 71.6 Å². The van der Waals surface area contributed by atoms with Gasteiger partial charge in [0.25, 0.3) is 11.9 Å². The molecule has 6 heteroatoms. The van der Waals surface area contributed by atoms with Crippen LogP contribution < -0.4 is 10.2 Å². The fourth-order valence-corrected chi connectivity index (χ4v) is 4.56. The number of thiophene rings is 1. The van der Waals surface area contributed by atoms with E-state index in [1.807, 2.05) is 54.6 Å². The van der Waals surface area contributed by atoms with Crippen LogP contribution in [0.2, 0.25) is 0 Å². The lowest BCUT2D eigenvalue weighted by Gasteiger charge is -2.23. The van der Waals surface area contributed by atoms with Crippen LogP contribution in [0, 0.1) is 0 Å². The maximum Gasteiger partial charge on any atom is 0.298 e. The number of hydrogen-bond donors (Lipinski definition) is 1. The normalized spacial score (nSPS) is 16.4. The molecular weight excluding hydrogens is 382 g/mol. The van der Waals surface area contributed by atoms with Crippen LogP contribution in [-0.2, 0) is 0 Å². The molecule has 1 fully saturated rings. The van der Waals surface area contributed by atoms with Gasteiger partial charge < -0.3 is 14.6 Å². The minimum atomic E-state index is -0.0489. The van der Waals surface area contributed by atoms with Gasteiger partial charge in [-0.1, -0.05) is 30.3 Å². The number of hydrogen-bond acceptors (Lipinski definition) is 5. The van der Waals surface area contributed by atoms with Crippen molar-refractivity contribution < 1.29 is 9.21 Å². The van der Waals surface area contributed by atoms with Gasteiger partial charge in [-0.05, 0) is 54.1 Å². The van der Waals surface area contributed by atoms with Crippen LogP contribution in [0.4, 0.5) is 6.01 Å². The van der Waals surface area contributed by atoms with Crippen molar-refractivity contribution in [2.75, 3.05) is 18.0 Å². The molecule has 1 atom stereocenters. The van der Waals surface area contributed by atoms with Crippen molar-refractivity contribution in [3.63, 3.8) is 0 Å². The van der Waals surface area contributed by atoms with Crippen LogP contribution in [0.25, 0.3) is 21.5 Å². The molecule has 1 aliphatic heterocycles. The van der Waals surface area contributed by atoms with E-state index in [-0.39, 0.29) is 11.9 Å². The number of rotatable bonds is 5. The summed E-state index contributed by atoms with van der Waals surface area (Å²) in [7, 11) is 0. The van der Waals surface area contributed by atoms with Gasteiger partial charge in [0.1, 0.15) is 5.52 Å². The fourth-order valence-electron chi connectivity index (χ4n) is 3.82. The zero-order chi connectivity index (χ0) is 19.6. The number of aromatic nitrogens is 1. The molecule has 1 saturated heterocycles. The molecule has 29 heavy (non-hydrogen) atoms. The topological polar surface area (TPSA) is 58.4 Å².